The number of carboxylic acid groups (broad SMARTS) is 1. The van der Waals surface area contributed by atoms with Crippen LogP contribution in [0.15, 0.2) is 24.3 Å². The average molecular weight is 275 g/mol. The molecule has 1 aliphatic carbocycles. The van der Waals surface area contributed by atoms with Crippen molar-refractivity contribution in [3.05, 3.63) is 29.8 Å². The number of anilines is 1. The highest BCUT2D eigenvalue weighted by Gasteiger charge is 2.49. The summed E-state index contributed by atoms with van der Waals surface area (Å²) in [5, 5.41) is 13.1. The number of carboxylic acids is 1. The van der Waals surface area contributed by atoms with Crippen LogP contribution in [0.4, 0.5) is 5.69 Å². The lowest BCUT2D eigenvalue weighted by atomic mass is 9.63. The SMILES string of the molecule is Cc1cccc(NC2(C(=O)O)CCC(C)(C)CC2C)c1. The van der Waals surface area contributed by atoms with Gasteiger partial charge in [0.1, 0.15) is 5.54 Å². The predicted molar refractivity (Wildman–Crippen MR) is 82.0 cm³/mol. The smallest absolute Gasteiger partial charge is 0.329 e. The van der Waals surface area contributed by atoms with Crippen LogP contribution in [-0.4, -0.2) is 16.6 Å². The van der Waals surface area contributed by atoms with E-state index in [1.165, 1.54) is 0 Å². The second-order valence-electron chi connectivity index (χ2n) is 7.04. The molecule has 1 aromatic rings. The van der Waals surface area contributed by atoms with Crippen molar-refractivity contribution in [1.82, 2.24) is 0 Å². The van der Waals surface area contributed by atoms with Gasteiger partial charge in [0.05, 0.1) is 0 Å². The Morgan fingerprint density at radius 3 is 2.60 bits per heavy atom. The van der Waals surface area contributed by atoms with Gasteiger partial charge in [-0.15, -0.1) is 0 Å². The van der Waals surface area contributed by atoms with Gasteiger partial charge in [-0.25, -0.2) is 4.79 Å². The molecule has 0 aliphatic heterocycles. The van der Waals surface area contributed by atoms with Gasteiger partial charge in [-0.05, 0) is 55.2 Å². The molecule has 0 spiro atoms. The Bertz CT molecular complexity index is 509. The summed E-state index contributed by atoms with van der Waals surface area (Å²) in [6, 6.07) is 7.94. The highest BCUT2D eigenvalue weighted by Crippen LogP contribution is 2.45. The van der Waals surface area contributed by atoms with Crippen LogP contribution in [0.2, 0.25) is 0 Å². The van der Waals surface area contributed by atoms with Crippen LogP contribution in [0.3, 0.4) is 0 Å². The first-order valence-electron chi connectivity index (χ1n) is 7.33. The predicted octanol–water partition coefficient (Wildman–Crippen LogP) is 4.08. The van der Waals surface area contributed by atoms with Gasteiger partial charge in [0.2, 0.25) is 0 Å². The summed E-state index contributed by atoms with van der Waals surface area (Å²) in [4.78, 5) is 11.9. The zero-order chi connectivity index (χ0) is 15.0. The first-order valence-corrected chi connectivity index (χ1v) is 7.33. The molecule has 1 aromatic carbocycles. The number of rotatable bonds is 3. The van der Waals surface area contributed by atoms with E-state index in [0.717, 1.165) is 24.1 Å². The van der Waals surface area contributed by atoms with Gasteiger partial charge < -0.3 is 10.4 Å². The van der Waals surface area contributed by atoms with Crippen molar-refractivity contribution in [2.45, 2.75) is 52.5 Å². The fourth-order valence-electron chi connectivity index (χ4n) is 3.42. The first kappa shape index (κ1) is 14.9. The van der Waals surface area contributed by atoms with Crippen molar-refractivity contribution in [2.24, 2.45) is 11.3 Å². The Morgan fingerprint density at radius 1 is 1.35 bits per heavy atom. The van der Waals surface area contributed by atoms with E-state index in [0.29, 0.717) is 6.42 Å². The number of carbonyl (C=O) groups is 1. The van der Waals surface area contributed by atoms with E-state index < -0.39 is 11.5 Å². The Balaban J connectivity index is 2.29. The van der Waals surface area contributed by atoms with Crippen molar-refractivity contribution >= 4 is 11.7 Å². The molecule has 0 heterocycles. The summed E-state index contributed by atoms with van der Waals surface area (Å²) < 4.78 is 0. The fourth-order valence-corrected chi connectivity index (χ4v) is 3.42. The molecule has 20 heavy (non-hydrogen) atoms. The summed E-state index contributed by atoms with van der Waals surface area (Å²) >= 11 is 0. The first-order chi connectivity index (χ1) is 9.25. The molecular formula is C17H25NO2. The molecule has 3 heteroatoms. The van der Waals surface area contributed by atoms with Crippen LogP contribution in [-0.2, 0) is 4.79 Å². The number of aliphatic carboxylic acids is 1. The topological polar surface area (TPSA) is 49.3 Å². The average Bonchev–Trinajstić information content (AvgIpc) is 2.32. The van der Waals surface area contributed by atoms with Gasteiger partial charge in [0.25, 0.3) is 0 Å². The molecule has 1 fully saturated rings. The maximum atomic E-state index is 11.9. The molecule has 2 unspecified atom stereocenters. The number of nitrogens with one attached hydrogen (secondary N) is 1. The van der Waals surface area contributed by atoms with Gasteiger partial charge in [-0.1, -0.05) is 32.9 Å². The van der Waals surface area contributed by atoms with Crippen LogP contribution in [0.25, 0.3) is 0 Å². The number of benzene rings is 1. The Morgan fingerprint density at radius 2 is 2.05 bits per heavy atom. The highest BCUT2D eigenvalue weighted by atomic mass is 16.4. The van der Waals surface area contributed by atoms with E-state index in [-0.39, 0.29) is 11.3 Å². The van der Waals surface area contributed by atoms with Gasteiger partial charge in [0, 0.05) is 5.69 Å². The Hall–Kier alpha value is -1.51. The van der Waals surface area contributed by atoms with Gasteiger partial charge in [0.15, 0.2) is 0 Å². The monoisotopic (exact) mass is 275 g/mol. The number of hydrogen-bond donors (Lipinski definition) is 2. The van der Waals surface area contributed by atoms with Crippen LogP contribution in [0.1, 0.15) is 45.6 Å². The molecular weight excluding hydrogens is 250 g/mol. The minimum atomic E-state index is -0.844. The van der Waals surface area contributed by atoms with Crippen molar-refractivity contribution in [2.75, 3.05) is 5.32 Å². The van der Waals surface area contributed by atoms with Gasteiger partial charge in [-0.3, -0.25) is 0 Å². The van der Waals surface area contributed by atoms with Gasteiger partial charge in [-0.2, -0.15) is 0 Å². The van der Waals surface area contributed by atoms with E-state index in [4.69, 9.17) is 0 Å². The minimum absolute atomic E-state index is 0.101. The normalized spacial score (nSPS) is 28.9. The van der Waals surface area contributed by atoms with Crippen molar-refractivity contribution in [3.63, 3.8) is 0 Å². The molecule has 2 N–H and O–H groups in total. The molecule has 0 amide bonds. The number of aryl methyl sites for hydroxylation is 1. The molecule has 2 rings (SSSR count). The molecule has 110 valence electrons. The lowest BCUT2D eigenvalue weighted by molar-refractivity contribution is -0.146. The van der Waals surface area contributed by atoms with Gasteiger partial charge >= 0.3 is 5.97 Å². The number of hydrogen-bond acceptors (Lipinski definition) is 2. The maximum absolute atomic E-state index is 11.9. The van der Waals surface area contributed by atoms with E-state index in [9.17, 15) is 9.90 Å². The summed E-state index contributed by atoms with van der Waals surface area (Å²) in [6.07, 6.45) is 2.53. The minimum Gasteiger partial charge on any atom is -0.479 e. The van der Waals surface area contributed by atoms with Crippen LogP contribution in [0.5, 0.6) is 0 Å². The maximum Gasteiger partial charge on any atom is 0.329 e. The van der Waals surface area contributed by atoms with Crippen LogP contribution < -0.4 is 5.32 Å². The molecule has 1 saturated carbocycles. The standard InChI is InChI=1S/C17H25NO2/c1-12-6-5-7-14(10-12)18-17(15(19)20)9-8-16(3,4)11-13(17)2/h5-7,10,13,18H,8-9,11H2,1-4H3,(H,19,20). The van der Waals surface area contributed by atoms with Crippen molar-refractivity contribution in [1.29, 1.82) is 0 Å². The third kappa shape index (κ3) is 2.82. The lowest BCUT2D eigenvalue weighted by Crippen LogP contribution is -2.55. The second kappa shape index (κ2) is 5.12. The second-order valence-corrected chi connectivity index (χ2v) is 7.04. The Labute approximate surface area is 121 Å². The van der Waals surface area contributed by atoms with E-state index >= 15 is 0 Å². The van der Waals surface area contributed by atoms with Crippen molar-refractivity contribution < 1.29 is 9.90 Å². The van der Waals surface area contributed by atoms with Crippen molar-refractivity contribution in [3.8, 4) is 0 Å². The molecule has 0 bridgehead atoms. The largest absolute Gasteiger partial charge is 0.479 e. The summed E-state index contributed by atoms with van der Waals surface area (Å²) in [5.41, 5.74) is 1.42. The summed E-state index contributed by atoms with van der Waals surface area (Å²) in [6.45, 7) is 8.52. The molecule has 3 nitrogen and oxygen atoms in total. The molecule has 2 atom stereocenters. The summed E-state index contributed by atoms with van der Waals surface area (Å²) in [5.74, 6) is -0.633. The molecule has 0 aromatic heterocycles. The fraction of sp³-hybridized carbons (Fsp3) is 0.588. The highest BCUT2D eigenvalue weighted by molar-refractivity contribution is 5.83. The van der Waals surface area contributed by atoms with E-state index in [1.807, 2.05) is 31.2 Å². The zero-order valence-corrected chi connectivity index (χ0v) is 12.9. The van der Waals surface area contributed by atoms with Crippen LogP contribution in [0, 0.1) is 18.3 Å². The van der Waals surface area contributed by atoms with E-state index in [2.05, 4.69) is 26.1 Å². The Kier molecular flexibility index (Phi) is 3.81. The third-order valence-electron chi connectivity index (χ3n) is 4.66. The van der Waals surface area contributed by atoms with E-state index in [1.54, 1.807) is 0 Å². The molecule has 0 radical (unpaired) electrons. The molecule has 0 saturated heterocycles. The quantitative estimate of drug-likeness (QED) is 0.874. The van der Waals surface area contributed by atoms with Crippen LogP contribution >= 0.6 is 0 Å². The third-order valence-corrected chi connectivity index (χ3v) is 4.66. The lowest BCUT2D eigenvalue weighted by Gasteiger charge is -2.46. The molecule has 1 aliphatic rings. The summed E-state index contributed by atoms with van der Waals surface area (Å²) in [7, 11) is 0. The zero-order valence-electron chi connectivity index (χ0n) is 12.9.